The lowest BCUT2D eigenvalue weighted by molar-refractivity contribution is -0.115. The molecule has 116 valence electrons. The molecule has 4 heteroatoms. The Kier molecular flexibility index (Phi) is 6.49. The molecule has 0 bridgehead atoms. The van der Waals surface area contributed by atoms with Crippen LogP contribution in [0.5, 0.6) is 0 Å². The second-order valence-corrected chi connectivity index (χ2v) is 6.30. The van der Waals surface area contributed by atoms with E-state index in [1.165, 1.54) is 10.5 Å². The standard InChI is InChI=1S/C18H21NO2S/c1-14-2-8-17(9-3-14)22-13-11-18(21)19-16-6-4-15(5-7-16)10-12-20/h2-9,20H,10-13H2,1H3,(H,19,21). The second kappa shape index (κ2) is 8.61. The Labute approximate surface area is 135 Å². The van der Waals surface area contributed by atoms with Crippen molar-refractivity contribution in [1.29, 1.82) is 0 Å². The van der Waals surface area contributed by atoms with Crippen molar-refractivity contribution in [3.8, 4) is 0 Å². The number of carbonyl (C=O) groups excluding carboxylic acids is 1. The van der Waals surface area contributed by atoms with Crippen molar-refractivity contribution in [1.82, 2.24) is 0 Å². The van der Waals surface area contributed by atoms with Crippen molar-refractivity contribution in [3.63, 3.8) is 0 Å². The highest BCUT2D eigenvalue weighted by Gasteiger charge is 2.03. The number of hydrogen-bond acceptors (Lipinski definition) is 3. The molecule has 0 saturated carbocycles. The van der Waals surface area contributed by atoms with E-state index < -0.39 is 0 Å². The Balaban J connectivity index is 1.74. The topological polar surface area (TPSA) is 49.3 Å². The van der Waals surface area contributed by atoms with Crippen molar-refractivity contribution >= 4 is 23.4 Å². The maximum atomic E-state index is 11.9. The summed E-state index contributed by atoms with van der Waals surface area (Å²) in [6, 6.07) is 15.9. The molecule has 0 aliphatic rings. The molecule has 0 radical (unpaired) electrons. The largest absolute Gasteiger partial charge is 0.396 e. The maximum absolute atomic E-state index is 11.9. The van der Waals surface area contributed by atoms with Gasteiger partial charge in [-0.2, -0.15) is 0 Å². The lowest BCUT2D eigenvalue weighted by Crippen LogP contribution is -2.12. The third kappa shape index (κ3) is 5.54. The predicted octanol–water partition coefficient (Wildman–Crippen LogP) is 3.65. The highest BCUT2D eigenvalue weighted by molar-refractivity contribution is 7.99. The summed E-state index contributed by atoms with van der Waals surface area (Å²) in [5.74, 6) is 0.784. The van der Waals surface area contributed by atoms with E-state index in [4.69, 9.17) is 5.11 Å². The van der Waals surface area contributed by atoms with E-state index in [1.807, 2.05) is 24.3 Å². The Bertz CT molecular complexity index is 593. The lowest BCUT2D eigenvalue weighted by Gasteiger charge is -2.06. The van der Waals surface area contributed by atoms with Gasteiger partial charge < -0.3 is 10.4 Å². The minimum Gasteiger partial charge on any atom is -0.396 e. The summed E-state index contributed by atoms with van der Waals surface area (Å²) in [6.07, 6.45) is 1.12. The van der Waals surface area contributed by atoms with Gasteiger partial charge in [0.2, 0.25) is 5.91 Å². The summed E-state index contributed by atoms with van der Waals surface area (Å²) < 4.78 is 0. The van der Waals surface area contributed by atoms with Crippen LogP contribution in [0.15, 0.2) is 53.4 Å². The number of carbonyl (C=O) groups is 1. The van der Waals surface area contributed by atoms with Crippen molar-refractivity contribution in [2.45, 2.75) is 24.7 Å². The minimum absolute atomic E-state index is 0.0227. The molecule has 0 saturated heterocycles. The van der Waals surface area contributed by atoms with Crippen LogP contribution < -0.4 is 5.32 Å². The fraction of sp³-hybridized carbons (Fsp3) is 0.278. The zero-order chi connectivity index (χ0) is 15.8. The van der Waals surface area contributed by atoms with Gasteiger partial charge in [0.1, 0.15) is 0 Å². The first kappa shape index (κ1) is 16.6. The van der Waals surface area contributed by atoms with Gasteiger partial charge in [-0.1, -0.05) is 29.8 Å². The van der Waals surface area contributed by atoms with Crippen LogP contribution in [-0.2, 0) is 11.2 Å². The summed E-state index contributed by atoms with van der Waals surface area (Å²) >= 11 is 1.69. The molecule has 0 aromatic heterocycles. The van der Waals surface area contributed by atoms with Crippen LogP contribution in [0.3, 0.4) is 0 Å². The van der Waals surface area contributed by atoms with Gasteiger partial charge in [-0.25, -0.2) is 0 Å². The first-order valence-electron chi connectivity index (χ1n) is 7.36. The van der Waals surface area contributed by atoms with Crippen LogP contribution in [0.4, 0.5) is 5.69 Å². The van der Waals surface area contributed by atoms with Gasteiger partial charge in [-0.05, 0) is 43.2 Å². The zero-order valence-corrected chi connectivity index (χ0v) is 13.5. The molecule has 2 N–H and O–H groups in total. The van der Waals surface area contributed by atoms with Crippen LogP contribution in [0.25, 0.3) is 0 Å². The Morgan fingerprint density at radius 2 is 1.77 bits per heavy atom. The smallest absolute Gasteiger partial charge is 0.225 e. The molecule has 0 heterocycles. The lowest BCUT2D eigenvalue weighted by atomic mass is 10.1. The quantitative estimate of drug-likeness (QED) is 0.767. The van der Waals surface area contributed by atoms with Crippen LogP contribution >= 0.6 is 11.8 Å². The average molecular weight is 315 g/mol. The SMILES string of the molecule is Cc1ccc(SCCC(=O)Nc2ccc(CCO)cc2)cc1. The Hall–Kier alpha value is -1.78. The van der Waals surface area contributed by atoms with Gasteiger partial charge in [0.25, 0.3) is 0 Å². The third-order valence-electron chi connectivity index (χ3n) is 3.26. The summed E-state index contributed by atoms with van der Waals surface area (Å²) in [7, 11) is 0. The third-order valence-corrected chi connectivity index (χ3v) is 4.27. The van der Waals surface area contributed by atoms with E-state index >= 15 is 0 Å². The molecule has 3 nitrogen and oxygen atoms in total. The van der Waals surface area contributed by atoms with Gasteiger partial charge >= 0.3 is 0 Å². The van der Waals surface area contributed by atoms with Crippen molar-refractivity contribution < 1.29 is 9.90 Å². The molecule has 0 aliphatic heterocycles. The summed E-state index contributed by atoms with van der Waals surface area (Å²) in [4.78, 5) is 13.1. The number of amides is 1. The number of rotatable bonds is 7. The highest BCUT2D eigenvalue weighted by Crippen LogP contribution is 2.19. The molecule has 2 aromatic rings. The number of benzene rings is 2. The molecular weight excluding hydrogens is 294 g/mol. The number of hydrogen-bond donors (Lipinski definition) is 2. The molecular formula is C18H21NO2S. The van der Waals surface area contributed by atoms with Gasteiger partial charge in [-0.3, -0.25) is 4.79 Å². The molecule has 2 aromatic carbocycles. The Morgan fingerprint density at radius 1 is 1.09 bits per heavy atom. The van der Waals surface area contributed by atoms with Crippen LogP contribution in [0, 0.1) is 6.92 Å². The van der Waals surface area contributed by atoms with E-state index in [2.05, 4.69) is 36.5 Å². The first-order valence-corrected chi connectivity index (χ1v) is 8.35. The van der Waals surface area contributed by atoms with Crippen molar-refractivity contribution in [2.75, 3.05) is 17.7 Å². The average Bonchev–Trinajstić information content (AvgIpc) is 2.51. The van der Waals surface area contributed by atoms with Gasteiger partial charge in [0, 0.05) is 29.4 Å². The molecule has 0 atom stereocenters. The maximum Gasteiger partial charge on any atom is 0.225 e. The fourth-order valence-corrected chi connectivity index (χ4v) is 2.86. The molecule has 1 amide bonds. The number of thioether (sulfide) groups is 1. The van der Waals surface area contributed by atoms with E-state index in [1.54, 1.807) is 11.8 Å². The molecule has 0 spiro atoms. The van der Waals surface area contributed by atoms with Crippen molar-refractivity contribution in [2.24, 2.45) is 0 Å². The highest BCUT2D eigenvalue weighted by atomic mass is 32.2. The van der Waals surface area contributed by atoms with E-state index in [0.29, 0.717) is 12.8 Å². The van der Waals surface area contributed by atoms with Crippen LogP contribution in [0.1, 0.15) is 17.5 Å². The van der Waals surface area contributed by atoms with Gasteiger partial charge in [0.05, 0.1) is 0 Å². The second-order valence-electron chi connectivity index (χ2n) is 5.13. The number of aliphatic hydroxyl groups is 1. The normalized spacial score (nSPS) is 10.5. The molecule has 0 aliphatic carbocycles. The molecule has 0 unspecified atom stereocenters. The van der Waals surface area contributed by atoms with E-state index in [-0.39, 0.29) is 12.5 Å². The first-order chi connectivity index (χ1) is 10.7. The van der Waals surface area contributed by atoms with Gasteiger partial charge in [0.15, 0.2) is 0 Å². The molecule has 2 rings (SSSR count). The van der Waals surface area contributed by atoms with Crippen LogP contribution in [0.2, 0.25) is 0 Å². The van der Waals surface area contributed by atoms with Gasteiger partial charge in [-0.15, -0.1) is 11.8 Å². The summed E-state index contributed by atoms with van der Waals surface area (Å²) in [6.45, 7) is 2.20. The minimum atomic E-state index is 0.0227. The van der Waals surface area contributed by atoms with Crippen molar-refractivity contribution in [3.05, 3.63) is 59.7 Å². The number of aryl methyl sites for hydroxylation is 1. The zero-order valence-electron chi connectivity index (χ0n) is 12.7. The van der Waals surface area contributed by atoms with E-state index in [9.17, 15) is 4.79 Å². The number of anilines is 1. The predicted molar refractivity (Wildman–Crippen MR) is 92.4 cm³/mol. The molecule has 0 fully saturated rings. The fourth-order valence-electron chi connectivity index (χ4n) is 2.00. The number of nitrogens with one attached hydrogen (secondary N) is 1. The summed E-state index contributed by atoms with van der Waals surface area (Å²) in [5, 5.41) is 11.8. The summed E-state index contributed by atoms with van der Waals surface area (Å²) in [5.41, 5.74) is 3.11. The Morgan fingerprint density at radius 3 is 2.41 bits per heavy atom. The molecule has 22 heavy (non-hydrogen) atoms. The monoisotopic (exact) mass is 315 g/mol. The van der Waals surface area contributed by atoms with E-state index in [0.717, 1.165) is 17.0 Å². The number of aliphatic hydroxyl groups excluding tert-OH is 1. The van der Waals surface area contributed by atoms with Crippen LogP contribution in [-0.4, -0.2) is 23.4 Å².